The average Bonchev–Trinajstić information content (AvgIpc) is 3.08. The number of nitrogens with one attached hydrogen (secondary N) is 1. The largest absolute Gasteiger partial charge is 0.501 e. The first-order chi connectivity index (χ1) is 24.8. The Labute approximate surface area is 319 Å². The SMILES string of the molecule is C#CCOCC(O[Si](C)(C)C(C)(C)C)/C(N)=N/OC(=CC(=O)OC)C(=O)OC.C#CCOCC(O[Si](C)(C)C(C)(C)C)c1nc(C(=O)OC)c(O)c(=O)[nH]1. The number of aromatic hydroxyl groups is 1. The van der Waals surface area contributed by atoms with E-state index in [0.717, 1.165) is 27.4 Å². The zero-order chi connectivity index (χ0) is 42.1. The van der Waals surface area contributed by atoms with Crippen LogP contribution in [-0.4, -0.2) is 109 Å². The van der Waals surface area contributed by atoms with Gasteiger partial charge in [0.25, 0.3) is 5.56 Å². The van der Waals surface area contributed by atoms with Gasteiger partial charge in [0, 0.05) is 0 Å². The third-order valence-corrected chi connectivity index (χ3v) is 17.4. The molecule has 2 unspecified atom stereocenters. The lowest BCUT2D eigenvalue weighted by atomic mass is 10.2. The van der Waals surface area contributed by atoms with Crippen molar-refractivity contribution in [3.8, 4) is 30.4 Å². The minimum absolute atomic E-state index is 0.0328. The number of rotatable bonds is 17. The number of esters is 3. The molecule has 2 atom stereocenters. The maximum Gasteiger partial charge on any atom is 0.377 e. The Morgan fingerprint density at radius 2 is 1.43 bits per heavy atom. The van der Waals surface area contributed by atoms with E-state index in [9.17, 15) is 24.3 Å². The number of carbonyl (C=O) groups excluding carboxylic acids is 3. The van der Waals surface area contributed by atoms with Crippen LogP contribution in [0, 0.1) is 24.7 Å². The van der Waals surface area contributed by atoms with Crippen molar-refractivity contribution in [2.45, 2.75) is 90.0 Å². The van der Waals surface area contributed by atoms with Crippen molar-refractivity contribution < 1.29 is 56.9 Å². The van der Waals surface area contributed by atoms with E-state index < -0.39 is 69.5 Å². The van der Waals surface area contributed by atoms with Gasteiger partial charge in [0.1, 0.15) is 31.2 Å². The molecule has 0 aromatic carbocycles. The Kier molecular flexibility index (Phi) is 20.2. The molecular formula is C35H56N4O13Si2. The van der Waals surface area contributed by atoms with E-state index >= 15 is 0 Å². The highest BCUT2D eigenvalue weighted by atomic mass is 28.4. The first kappa shape index (κ1) is 49.5. The van der Waals surface area contributed by atoms with E-state index in [1.165, 1.54) is 0 Å². The van der Waals surface area contributed by atoms with Gasteiger partial charge in [-0.15, -0.1) is 12.8 Å². The van der Waals surface area contributed by atoms with Crippen LogP contribution in [0.25, 0.3) is 0 Å². The summed E-state index contributed by atoms with van der Waals surface area (Å²) in [7, 11) is -1.10. The predicted octanol–water partition coefficient (Wildman–Crippen LogP) is 3.52. The quantitative estimate of drug-likeness (QED) is 0.0196. The number of hydrogen-bond donors (Lipinski definition) is 3. The van der Waals surface area contributed by atoms with E-state index in [1.54, 1.807) is 0 Å². The molecule has 0 bridgehead atoms. The number of aromatic amines is 1. The molecule has 1 rings (SSSR count). The summed E-state index contributed by atoms with van der Waals surface area (Å²) in [5.41, 5.74) is 4.65. The molecule has 0 saturated carbocycles. The van der Waals surface area contributed by atoms with Crippen LogP contribution in [0.15, 0.2) is 21.8 Å². The van der Waals surface area contributed by atoms with E-state index in [-0.39, 0.29) is 48.2 Å². The van der Waals surface area contributed by atoms with Crippen LogP contribution in [0.5, 0.6) is 5.75 Å². The smallest absolute Gasteiger partial charge is 0.377 e. The molecule has 0 aliphatic heterocycles. The molecule has 1 aromatic rings. The fraction of sp³-hybridized carbons (Fsp3) is 0.600. The molecule has 54 heavy (non-hydrogen) atoms. The van der Waals surface area contributed by atoms with Crippen molar-refractivity contribution >= 4 is 40.4 Å². The molecule has 302 valence electrons. The van der Waals surface area contributed by atoms with Gasteiger partial charge >= 0.3 is 17.9 Å². The number of nitrogens with two attached hydrogens (primary N) is 1. The van der Waals surface area contributed by atoms with E-state index in [1.807, 2.05) is 26.2 Å². The minimum atomic E-state index is -2.27. The van der Waals surface area contributed by atoms with Gasteiger partial charge < -0.3 is 53.2 Å². The lowest BCUT2D eigenvalue weighted by Gasteiger charge is -2.38. The maximum atomic E-state index is 12.0. The summed E-state index contributed by atoms with van der Waals surface area (Å²) < 4.78 is 36.8. The summed E-state index contributed by atoms with van der Waals surface area (Å²) in [6, 6.07) is 0. The highest BCUT2D eigenvalue weighted by Crippen LogP contribution is 2.40. The van der Waals surface area contributed by atoms with Gasteiger partial charge in [0.05, 0.1) is 40.6 Å². The second-order valence-electron chi connectivity index (χ2n) is 14.4. The summed E-state index contributed by atoms with van der Waals surface area (Å²) in [5, 5.41) is 13.3. The lowest BCUT2D eigenvalue weighted by molar-refractivity contribution is -0.142. The molecule has 1 aromatic heterocycles. The van der Waals surface area contributed by atoms with Crippen LogP contribution in [0.1, 0.15) is 64.0 Å². The third kappa shape index (κ3) is 15.8. The van der Waals surface area contributed by atoms with Crippen LogP contribution in [-0.2, 0) is 47.0 Å². The number of carbonyl (C=O) groups is 3. The summed E-state index contributed by atoms with van der Waals surface area (Å²) in [5.74, 6) is 0.723. The van der Waals surface area contributed by atoms with Crippen LogP contribution in [0.2, 0.25) is 36.3 Å². The van der Waals surface area contributed by atoms with E-state index in [2.05, 4.69) is 82.7 Å². The Hall–Kier alpha value is -4.51. The van der Waals surface area contributed by atoms with Crippen LogP contribution in [0.3, 0.4) is 0 Å². The van der Waals surface area contributed by atoms with Crippen molar-refractivity contribution in [1.29, 1.82) is 0 Å². The second-order valence-corrected chi connectivity index (χ2v) is 24.0. The molecule has 17 nitrogen and oxygen atoms in total. The van der Waals surface area contributed by atoms with Crippen molar-refractivity contribution in [1.82, 2.24) is 9.97 Å². The number of hydrogen-bond acceptors (Lipinski definition) is 15. The number of nitrogens with zero attached hydrogens (tertiary/aromatic N) is 2. The first-order valence-electron chi connectivity index (χ1n) is 16.5. The van der Waals surface area contributed by atoms with Crippen molar-refractivity contribution in [3.63, 3.8) is 0 Å². The van der Waals surface area contributed by atoms with Gasteiger partial charge in [-0.2, -0.15) is 0 Å². The number of amidine groups is 1. The molecule has 0 spiro atoms. The van der Waals surface area contributed by atoms with Gasteiger partial charge in [0.15, 0.2) is 28.2 Å². The lowest BCUT2D eigenvalue weighted by Crippen LogP contribution is -2.49. The number of methoxy groups -OCH3 is 3. The predicted molar refractivity (Wildman–Crippen MR) is 205 cm³/mol. The number of aromatic nitrogens is 2. The monoisotopic (exact) mass is 796 g/mol. The first-order valence-corrected chi connectivity index (χ1v) is 22.3. The zero-order valence-electron chi connectivity index (χ0n) is 33.5. The zero-order valence-corrected chi connectivity index (χ0v) is 35.5. The van der Waals surface area contributed by atoms with Crippen molar-refractivity contribution in [3.05, 3.63) is 33.7 Å². The Morgan fingerprint density at radius 3 is 1.89 bits per heavy atom. The molecule has 0 amide bonds. The highest BCUT2D eigenvalue weighted by Gasteiger charge is 2.41. The summed E-state index contributed by atoms with van der Waals surface area (Å²) >= 11 is 0. The molecule has 19 heteroatoms. The normalized spacial score (nSPS) is 13.6. The van der Waals surface area contributed by atoms with Crippen LogP contribution >= 0.6 is 0 Å². The Morgan fingerprint density at radius 1 is 0.907 bits per heavy atom. The molecule has 0 aliphatic rings. The molecule has 0 saturated heterocycles. The van der Waals surface area contributed by atoms with E-state index in [0.29, 0.717) is 0 Å². The summed E-state index contributed by atoms with van der Waals surface area (Å²) in [6.07, 6.45) is 9.67. The highest BCUT2D eigenvalue weighted by molar-refractivity contribution is 6.74. The maximum absolute atomic E-state index is 12.0. The van der Waals surface area contributed by atoms with Crippen LogP contribution < -0.4 is 11.3 Å². The third-order valence-electron chi connectivity index (χ3n) is 8.41. The van der Waals surface area contributed by atoms with Gasteiger partial charge in [-0.25, -0.2) is 19.4 Å². The minimum Gasteiger partial charge on any atom is -0.501 e. The topological polar surface area (TPSA) is 229 Å². The Bertz CT molecular complexity index is 1630. The number of terminal acetylenes is 2. The number of H-pyrrole nitrogens is 1. The molecule has 0 aliphatic carbocycles. The van der Waals surface area contributed by atoms with Gasteiger partial charge in [0.2, 0.25) is 11.5 Å². The van der Waals surface area contributed by atoms with E-state index in [4.69, 9.17) is 41.7 Å². The number of ether oxygens (including phenoxy) is 5. The van der Waals surface area contributed by atoms with Gasteiger partial charge in [-0.05, 0) is 36.3 Å². The Balaban J connectivity index is 0.00000104. The average molecular weight is 797 g/mol. The summed E-state index contributed by atoms with van der Waals surface area (Å²) in [6.45, 7) is 20.7. The standard InChI is InChI=1S/C18H30N2O7Si.C17H26N2O6Si/c1-9-10-25-12-14(27-28(7,8)18(2,3)4)16(19)20-26-13(17(22)24-6)11-15(21)23-5;1-8-9-24-10-11(25-26(6,7)17(2,3)4)14-18-12(16(22)23-5)13(20)15(21)19-14/h1,11,14H,10,12H2,2-8H3,(H2,19,20);1,11,20H,9-10H2,2-7H3,(H,18,19,21). The second kappa shape index (κ2) is 22.0. The van der Waals surface area contributed by atoms with Crippen molar-refractivity contribution in [2.24, 2.45) is 10.9 Å². The summed E-state index contributed by atoms with van der Waals surface area (Å²) in [4.78, 5) is 58.3. The van der Waals surface area contributed by atoms with Crippen molar-refractivity contribution in [2.75, 3.05) is 47.8 Å². The molecule has 0 radical (unpaired) electrons. The number of oxime groups is 1. The van der Waals surface area contributed by atoms with Gasteiger partial charge in [-0.3, -0.25) is 4.79 Å². The van der Waals surface area contributed by atoms with Gasteiger partial charge in [-0.1, -0.05) is 58.5 Å². The fourth-order valence-electron chi connectivity index (χ4n) is 3.29. The molecule has 1 heterocycles. The van der Waals surface area contributed by atoms with Crippen LogP contribution in [0.4, 0.5) is 0 Å². The fourth-order valence-corrected chi connectivity index (χ4v) is 5.79. The molecule has 0 fully saturated rings. The molecular weight excluding hydrogens is 741 g/mol. The molecule has 4 N–H and O–H groups in total.